The first-order valence-corrected chi connectivity index (χ1v) is 8.28. The van der Waals surface area contributed by atoms with Crippen LogP contribution < -0.4 is 0 Å². The molecule has 0 amide bonds. The Hall–Kier alpha value is -0.120. The average molecular weight is 282 g/mol. The number of nitrogens with zero attached hydrogens (tertiary/aromatic N) is 2. The van der Waals surface area contributed by atoms with Crippen molar-refractivity contribution < 1.29 is 5.11 Å². The maximum Gasteiger partial charge on any atom is 0.0695 e. The van der Waals surface area contributed by atoms with Gasteiger partial charge in [0, 0.05) is 25.2 Å². The molecule has 1 saturated carbocycles. The first-order valence-electron chi connectivity index (χ1n) is 8.28. The number of hydrogen-bond donors (Lipinski definition) is 1. The summed E-state index contributed by atoms with van der Waals surface area (Å²) in [7, 11) is 4.36. The molecule has 0 spiro atoms. The van der Waals surface area contributed by atoms with E-state index in [4.69, 9.17) is 0 Å². The normalized spacial score (nSPS) is 40.5. The van der Waals surface area contributed by atoms with Crippen molar-refractivity contribution in [1.82, 2.24) is 9.80 Å². The van der Waals surface area contributed by atoms with Gasteiger partial charge in [-0.3, -0.25) is 4.90 Å². The maximum absolute atomic E-state index is 10.5. The fraction of sp³-hybridized carbons (Fsp3) is 1.00. The van der Waals surface area contributed by atoms with E-state index in [2.05, 4.69) is 51.6 Å². The van der Waals surface area contributed by atoms with Crippen molar-refractivity contribution in [3.05, 3.63) is 0 Å². The Balaban J connectivity index is 2.04. The van der Waals surface area contributed by atoms with Gasteiger partial charge in [-0.05, 0) is 50.6 Å². The van der Waals surface area contributed by atoms with Crippen molar-refractivity contribution in [3.8, 4) is 0 Å². The Kier molecular flexibility index (Phi) is 4.83. The number of aliphatic hydroxyl groups excluding tert-OH is 1. The zero-order chi connectivity index (χ0) is 15.1. The summed E-state index contributed by atoms with van der Waals surface area (Å²) >= 11 is 0. The molecule has 2 rings (SSSR count). The van der Waals surface area contributed by atoms with Crippen molar-refractivity contribution in [1.29, 1.82) is 0 Å². The van der Waals surface area contributed by atoms with E-state index >= 15 is 0 Å². The molecule has 5 unspecified atom stereocenters. The number of aliphatic hydroxyl groups is 1. The van der Waals surface area contributed by atoms with E-state index in [-0.39, 0.29) is 6.10 Å². The molecule has 3 heteroatoms. The summed E-state index contributed by atoms with van der Waals surface area (Å²) in [6, 6.07) is 1.01. The summed E-state index contributed by atoms with van der Waals surface area (Å²) in [6.07, 6.45) is 3.20. The molecule has 3 nitrogen and oxygen atoms in total. The summed E-state index contributed by atoms with van der Waals surface area (Å²) in [4.78, 5) is 4.92. The topological polar surface area (TPSA) is 26.7 Å². The van der Waals surface area contributed by atoms with Crippen molar-refractivity contribution in [2.75, 3.05) is 27.2 Å². The van der Waals surface area contributed by atoms with Crippen LogP contribution in [0.3, 0.4) is 0 Å². The predicted octanol–water partition coefficient (Wildman–Crippen LogP) is 2.44. The number of likely N-dealkylation sites (tertiary alicyclic amines) is 1. The fourth-order valence-electron chi connectivity index (χ4n) is 4.24. The van der Waals surface area contributed by atoms with Gasteiger partial charge in [-0.15, -0.1) is 0 Å². The van der Waals surface area contributed by atoms with Crippen LogP contribution in [0.5, 0.6) is 0 Å². The van der Waals surface area contributed by atoms with Crippen molar-refractivity contribution >= 4 is 0 Å². The molecule has 0 aromatic carbocycles. The van der Waals surface area contributed by atoms with Gasteiger partial charge in [0.2, 0.25) is 0 Å². The largest absolute Gasteiger partial charge is 0.391 e. The van der Waals surface area contributed by atoms with Crippen LogP contribution in [0.4, 0.5) is 0 Å². The van der Waals surface area contributed by atoms with Gasteiger partial charge in [-0.2, -0.15) is 0 Å². The zero-order valence-corrected chi connectivity index (χ0v) is 14.3. The Morgan fingerprint density at radius 3 is 2.25 bits per heavy atom. The van der Waals surface area contributed by atoms with Gasteiger partial charge in [-0.25, -0.2) is 0 Å². The Morgan fingerprint density at radius 2 is 1.75 bits per heavy atom. The number of rotatable bonds is 2. The van der Waals surface area contributed by atoms with Crippen molar-refractivity contribution in [2.45, 2.75) is 65.1 Å². The van der Waals surface area contributed by atoms with Crippen LogP contribution in [0, 0.1) is 17.3 Å². The first kappa shape index (κ1) is 16.3. The van der Waals surface area contributed by atoms with Gasteiger partial charge < -0.3 is 10.0 Å². The second-order valence-electron chi connectivity index (χ2n) is 8.47. The minimum Gasteiger partial charge on any atom is -0.391 e. The monoisotopic (exact) mass is 282 g/mol. The molecular formula is C17H34N2O. The van der Waals surface area contributed by atoms with E-state index in [0.29, 0.717) is 23.4 Å². The lowest BCUT2D eigenvalue weighted by atomic mass is 9.70. The molecule has 1 aliphatic carbocycles. The molecule has 0 radical (unpaired) electrons. The standard InChI is InChI=1S/C17H34N2O/c1-12-10-19(11-15(12)18(5)6)14-9-13(17(2,3)4)7-8-16(14)20/h12-16,20H,7-11H2,1-6H3. The Labute approximate surface area is 125 Å². The third-order valence-electron chi connectivity index (χ3n) is 5.74. The third-order valence-corrected chi connectivity index (χ3v) is 5.74. The molecule has 0 bridgehead atoms. The van der Waals surface area contributed by atoms with Gasteiger partial charge in [0.25, 0.3) is 0 Å². The molecule has 2 aliphatic rings. The predicted molar refractivity (Wildman–Crippen MR) is 84.8 cm³/mol. The van der Waals surface area contributed by atoms with E-state index in [1.807, 2.05) is 0 Å². The van der Waals surface area contributed by atoms with Gasteiger partial charge in [-0.1, -0.05) is 27.7 Å². The molecule has 1 aliphatic heterocycles. The van der Waals surface area contributed by atoms with Gasteiger partial charge >= 0.3 is 0 Å². The minimum absolute atomic E-state index is 0.123. The summed E-state index contributed by atoms with van der Waals surface area (Å²) in [5.41, 5.74) is 0.366. The van der Waals surface area contributed by atoms with Crippen LogP contribution in [0.2, 0.25) is 0 Å². The molecule has 2 fully saturated rings. The van der Waals surface area contributed by atoms with Crippen LogP contribution >= 0.6 is 0 Å². The van der Waals surface area contributed by atoms with E-state index < -0.39 is 0 Å². The molecule has 0 aromatic rings. The second-order valence-corrected chi connectivity index (χ2v) is 8.47. The molecule has 0 aromatic heterocycles. The van der Waals surface area contributed by atoms with Gasteiger partial charge in [0.1, 0.15) is 0 Å². The average Bonchev–Trinajstić information content (AvgIpc) is 2.70. The highest BCUT2D eigenvalue weighted by Gasteiger charge is 2.42. The molecule has 20 heavy (non-hydrogen) atoms. The highest BCUT2D eigenvalue weighted by Crippen LogP contribution is 2.40. The van der Waals surface area contributed by atoms with Crippen molar-refractivity contribution in [3.63, 3.8) is 0 Å². The molecule has 118 valence electrons. The molecule has 1 saturated heterocycles. The van der Waals surface area contributed by atoms with Crippen LogP contribution in [0.15, 0.2) is 0 Å². The molecule has 1 heterocycles. The van der Waals surface area contributed by atoms with Gasteiger partial charge in [0.05, 0.1) is 6.10 Å². The minimum atomic E-state index is -0.123. The number of likely N-dealkylation sites (N-methyl/N-ethyl adjacent to an activating group) is 1. The lowest BCUT2D eigenvalue weighted by molar-refractivity contribution is -0.0108. The maximum atomic E-state index is 10.5. The lowest BCUT2D eigenvalue weighted by Crippen LogP contribution is -2.49. The molecule has 1 N–H and O–H groups in total. The van der Waals surface area contributed by atoms with Crippen LogP contribution in [-0.2, 0) is 0 Å². The smallest absolute Gasteiger partial charge is 0.0695 e. The Morgan fingerprint density at radius 1 is 1.10 bits per heavy atom. The summed E-state index contributed by atoms with van der Waals surface area (Å²) in [5, 5.41) is 10.5. The lowest BCUT2D eigenvalue weighted by Gasteiger charge is -2.43. The quantitative estimate of drug-likeness (QED) is 0.843. The third kappa shape index (κ3) is 3.37. The van der Waals surface area contributed by atoms with Crippen molar-refractivity contribution in [2.24, 2.45) is 17.3 Å². The summed E-state index contributed by atoms with van der Waals surface area (Å²) in [5.74, 6) is 1.44. The summed E-state index contributed by atoms with van der Waals surface area (Å²) in [6.45, 7) is 11.7. The van der Waals surface area contributed by atoms with E-state index in [1.165, 1.54) is 6.42 Å². The van der Waals surface area contributed by atoms with Crippen LogP contribution in [0.1, 0.15) is 47.0 Å². The molecule has 5 atom stereocenters. The van der Waals surface area contributed by atoms with E-state index in [0.717, 1.165) is 31.8 Å². The van der Waals surface area contributed by atoms with E-state index in [1.54, 1.807) is 0 Å². The SMILES string of the molecule is CC1CN(C2CC(C(C)(C)C)CCC2O)CC1N(C)C. The highest BCUT2D eigenvalue weighted by molar-refractivity contribution is 4.96. The molecular weight excluding hydrogens is 248 g/mol. The van der Waals surface area contributed by atoms with E-state index in [9.17, 15) is 5.11 Å². The first-order chi connectivity index (χ1) is 9.20. The zero-order valence-electron chi connectivity index (χ0n) is 14.3. The number of hydrogen-bond acceptors (Lipinski definition) is 3. The summed E-state index contributed by atoms with van der Waals surface area (Å²) < 4.78 is 0. The van der Waals surface area contributed by atoms with Gasteiger partial charge in [0.15, 0.2) is 0 Å². The van der Waals surface area contributed by atoms with Crippen LogP contribution in [0.25, 0.3) is 0 Å². The van der Waals surface area contributed by atoms with Crippen LogP contribution in [-0.4, -0.2) is 60.3 Å². The highest BCUT2D eigenvalue weighted by atomic mass is 16.3. The Bertz CT molecular complexity index is 323. The fourth-order valence-corrected chi connectivity index (χ4v) is 4.24. The second kappa shape index (κ2) is 5.94.